The minimum Gasteiger partial charge on any atom is -0.399 e. The topological polar surface area (TPSA) is 38.9 Å². The van der Waals surface area contributed by atoms with Crippen molar-refractivity contribution >= 4 is 29.1 Å². The first-order chi connectivity index (χ1) is 8.04. The van der Waals surface area contributed by atoms with Crippen LogP contribution in [0.5, 0.6) is 0 Å². The van der Waals surface area contributed by atoms with Gasteiger partial charge in [-0.15, -0.1) is 0 Å². The fraction of sp³-hybridized carbons (Fsp3) is 0.154. The van der Waals surface area contributed by atoms with Crippen LogP contribution in [0.25, 0.3) is 0 Å². The van der Waals surface area contributed by atoms with Crippen LogP contribution in [0.4, 0.5) is 5.69 Å². The molecule has 1 aromatic carbocycles. The van der Waals surface area contributed by atoms with Crippen molar-refractivity contribution in [2.24, 2.45) is 0 Å². The number of nitrogen functional groups attached to an aromatic ring is 1. The van der Waals surface area contributed by atoms with E-state index in [9.17, 15) is 0 Å². The Bertz CT molecular complexity index is 535. The molecule has 0 fully saturated rings. The zero-order chi connectivity index (χ0) is 12.4. The second-order valence-corrected chi connectivity index (χ2v) is 5.39. The van der Waals surface area contributed by atoms with Gasteiger partial charge in [0.2, 0.25) is 0 Å². The zero-order valence-corrected chi connectivity index (χ0v) is 11.3. The van der Waals surface area contributed by atoms with Gasteiger partial charge in [-0.05, 0) is 49.7 Å². The molecule has 0 aliphatic carbocycles. The summed E-state index contributed by atoms with van der Waals surface area (Å²) in [5.41, 5.74) is 8.55. The highest BCUT2D eigenvalue weighted by molar-refractivity contribution is 7.99. The van der Waals surface area contributed by atoms with Crippen LogP contribution in [0.1, 0.15) is 11.3 Å². The van der Waals surface area contributed by atoms with Gasteiger partial charge in [-0.3, -0.25) is 0 Å². The van der Waals surface area contributed by atoms with Crippen molar-refractivity contribution < 1.29 is 0 Å². The molecular formula is C13H13ClN2S. The summed E-state index contributed by atoms with van der Waals surface area (Å²) >= 11 is 7.68. The van der Waals surface area contributed by atoms with E-state index < -0.39 is 0 Å². The first kappa shape index (κ1) is 12.3. The predicted octanol–water partition coefficient (Wildman–Crippen LogP) is 4.09. The van der Waals surface area contributed by atoms with Gasteiger partial charge >= 0.3 is 0 Å². The number of nitrogens with zero attached hydrogens (tertiary/aromatic N) is 1. The van der Waals surface area contributed by atoms with Crippen molar-refractivity contribution in [3.63, 3.8) is 0 Å². The van der Waals surface area contributed by atoms with Crippen LogP contribution < -0.4 is 5.73 Å². The van der Waals surface area contributed by atoms with Gasteiger partial charge < -0.3 is 5.73 Å². The standard InChI is InChI=1S/C13H13ClN2S/c1-8-5-9(2)16-13(6-8)17-12-4-3-10(15)7-11(12)14/h3-7H,15H2,1-2H3. The van der Waals surface area contributed by atoms with Gasteiger partial charge in [0.05, 0.1) is 5.02 Å². The Morgan fingerprint density at radius 3 is 2.59 bits per heavy atom. The van der Waals surface area contributed by atoms with Crippen LogP contribution in [0.15, 0.2) is 40.3 Å². The number of halogens is 1. The summed E-state index contributed by atoms with van der Waals surface area (Å²) in [6, 6.07) is 9.62. The molecule has 0 aliphatic heterocycles. The van der Waals surface area contributed by atoms with Crippen molar-refractivity contribution in [1.82, 2.24) is 4.98 Å². The molecule has 1 heterocycles. The summed E-state index contributed by atoms with van der Waals surface area (Å²) in [6.45, 7) is 4.05. The molecule has 0 spiro atoms. The molecular weight excluding hydrogens is 252 g/mol. The highest BCUT2D eigenvalue weighted by Gasteiger charge is 2.05. The molecule has 17 heavy (non-hydrogen) atoms. The van der Waals surface area contributed by atoms with Crippen molar-refractivity contribution in [1.29, 1.82) is 0 Å². The molecule has 4 heteroatoms. The number of aromatic nitrogens is 1. The van der Waals surface area contributed by atoms with Crippen LogP contribution in [0.3, 0.4) is 0 Å². The molecule has 0 saturated heterocycles. The molecule has 2 N–H and O–H groups in total. The van der Waals surface area contributed by atoms with E-state index in [1.54, 1.807) is 17.8 Å². The molecule has 0 aliphatic rings. The van der Waals surface area contributed by atoms with Crippen LogP contribution in [0, 0.1) is 13.8 Å². The second-order valence-electron chi connectivity index (χ2n) is 3.92. The van der Waals surface area contributed by atoms with Crippen molar-refractivity contribution in [2.75, 3.05) is 5.73 Å². The molecule has 2 rings (SSSR count). The number of anilines is 1. The first-order valence-electron chi connectivity index (χ1n) is 5.23. The molecule has 0 saturated carbocycles. The van der Waals surface area contributed by atoms with E-state index in [1.807, 2.05) is 25.1 Å². The van der Waals surface area contributed by atoms with E-state index >= 15 is 0 Å². The monoisotopic (exact) mass is 264 g/mol. The molecule has 0 radical (unpaired) electrons. The number of nitrogens with two attached hydrogens (primary N) is 1. The molecule has 2 aromatic rings. The average molecular weight is 265 g/mol. The lowest BCUT2D eigenvalue weighted by Crippen LogP contribution is -1.88. The Morgan fingerprint density at radius 1 is 1.18 bits per heavy atom. The summed E-state index contributed by atoms with van der Waals surface area (Å²) in [4.78, 5) is 5.44. The fourth-order valence-corrected chi connectivity index (χ4v) is 2.83. The lowest BCUT2D eigenvalue weighted by atomic mass is 10.3. The van der Waals surface area contributed by atoms with E-state index in [0.717, 1.165) is 15.6 Å². The number of pyridine rings is 1. The summed E-state index contributed by atoms with van der Waals surface area (Å²) < 4.78 is 0. The number of benzene rings is 1. The SMILES string of the molecule is Cc1cc(C)nc(Sc2ccc(N)cc2Cl)c1. The number of hydrogen-bond acceptors (Lipinski definition) is 3. The van der Waals surface area contributed by atoms with Gasteiger partial charge in [0.15, 0.2) is 0 Å². The maximum Gasteiger partial charge on any atom is 0.101 e. The van der Waals surface area contributed by atoms with Crippen LogP contribution in [-0.2, 0) is 0 Å². The van der Waals surface area contributed by atoms with E-state index in [2.05, 4.69) is 18.0 Å². The lowest BCUT2D eigenvalue weighted by Gasteiger charge is -2.06. The van der Waals surface area contributed by atoms with Crippen molar-refractivity contribution in [3.05, 3.63) is 46.6 Å². The Hall–Kier alpha value is -1.19. The fourth-order valence-electron chi connectivity index (χ4n) is 1.57. The first-order valence-corrected chi connectivity index (χ1v) is 6.42. The highest BCUT2D eigenvalue weighted by Crippen LogP contribution is 2.33. The summed E-state index contributed by atoms with van der Waals surface area (Å²) in [5.74, 6) is 0. The third kappa shape index (κ3) is 3.14. The Labute approximate surface area is 110 Å². The third-order valence-corrected chi connectivity index (χ3v) is 3.66. The molecule has 0 unspecified atom stereocenters. The van der Waals surface area contributed by atoms with Crippen molar-refractivity contribution in [2.45, 2.75) is 23.8 Å². The predicted molar refractivity (Wildman–Crippen MR) is 73.7 cm³/mol. The number of rotatable bonds is 2. The minimum absolute atomic E-state index is 0.663. The van der Waals surface area contributed by atoms with Crippen LogP contribution in [0.2, 0.25) is 5.02 Å². The van der Waals surface area contributed by atoms with Gasteiger partial charge in [0, 0.05) is 16.3 Å². The Balaban J connectivity index is 2.31. The lowest BCUT2D eigenvalue weighted by molar-refractivity contribution is 1.05. The molecule has 88 valence electrons. The van der Waals surface area contributed by atoms with Gasteiger partial charge in [-0.2, -0.15) is 0 Å². The molecule has 1 aromatic heterocycles. The summed E-state index contributed by atoms with van der Waals surface area (Å²) in [6.07, 6.45) is 0. The minimum atomic E-state index is 0.663. The van der Waals surface area contributed by atoms with Crippen LogP contribution in [-0.4, -0.2) is 4.98 Å². The summed E-state index contributed by atoms with van der Waals surface area (Å²) in [5, 5.41) is 1.62. The molecule has 0 atom stereocenters. The van der Waals surface area contributed by atoms with Gasteiger partial charge in [0.1, 0.15) is 5.03 Å². The van der Waals surface area contributed by atoms with E-state index in [1.165, 1.54) is 5.56 Å². The maximum absolute atomic E-state index is 6.13. The van der Waals surface area contributed by atoms with Crippen molar-refractivity contribution in [3.8, 4) is 0 Å². The second kappa shape index (κ2) is 4.98. The van der Waals surface area contributed by atoms with Crippen LogP contribution >= 0.6 is 23.4 Å². The average Bonchev–Trinajstić information content (AvgIpc) is 2.21. The summed E-state index contributed by atoms with van der Waals surface area (Å²) in [7, 11) is 0. The van der Waals surface area contributed by atoms with Gasteiger partial charge in [-0.1, -0.05) is 23.4 Å². The number of aryl methyl sites for hydroxylation is 2. The Morgan fingerprint density at radius 2 is 1.94 bits per heavy atom. The third-order valence-electron chi connectivity index (χ3n) is 2.24. The maximum atomic E-state index is 6.13. The highest BCUT2D eigenvalue weighted by atomic mass is 35.5. The number of hydrogen-bond donors (Lipinski definition) is 1. The zero-order valence-electron chi connectivity index (χ0n) is 9.70. The van der Waals surface area contributed by atoms with E-state index in [-0.39, 0.29) is 0 Å². The molecule has 0 bridgehead atoms. The van der Waals surface area contributed by atoms with E-state index in [0.29, 0.717) is 10.7 Å². The normalized spacial score (nSPS) is 10.5. The quantitative estimate of drug-likeness (QED) is 0.831. The van der Waals surface area contributed by atoms with Gasteiger partial charge in [-0.25, -0.2) is 4.98 Å². The smallest absolute Gasteiger partial charge is 0.101 e. The van der Waals surface area contributed by atoms with Gasteiger partial charge in [0.25, 0.3) is 0 Å². The largest absolute Gasteiger partial charge is 0.399 e. The molecule has 2 nitrogen and oxygen atoms in total. The molecule has 0 amide bonds. The Kier molecular flexibility index (Phi) is 3.60. The van der Waals surface area contributed by atoms with E-state index in [4.69, 9.17) is 17.3 Å².